The van der Waals surface area contributed by atoms with Crippen LogP contribution in [0.1, 0.15) is 22.0 Å². The fourth-order valence-corrected chi connectivity index (χ4v) is 3.69. The molecule has 0 heterocycles. The number of nitrogens with zero attached hydrogens (tertiary/aromatic N) is 1. The third kappa shape index (κ3) is 6.78. The molecule has 0 spiro atoms. The number of nitrogens with one attached hydrogen (secondary N) is 2. The molecule has 1 atom stereocenters. The summed E-state index contributed by atoms with van der Waals surface area (Å²) in [6, 6.07) is 9.85. The van der Waals surface area contributed by atoms with E-state index in [4.69, 9.17) is 0 Å². The number of rotatable bonds is 8. The predicted molar refractivity (Wildman–Crippen MR) is 103 cm³/mol. The van der Waals surface area contributed by atoms with Gasteiger partial charge in [-0.25, -0.2) is 17.5 Å². The van der Waals surface area contributed by atoms with Gasteiger partial charge in [0.2, 0.25) is 10.0 Å². The minimum atomic E-state index is -4.55. The highest BCUT2D eigenvalue weighted by molar-refractivity contribution is 7.89. The zero-order valence-electron chi connectivity index (χ0n) is 16.2. The number of halogens is 4. The van der Waals surface area contributed by atoms with Gasteiger partial charge in [-0.3, -0.25) is 4.79 Å². The number of alkyl halides is 3. The van der Waals surface area contributed by atoms with Gasteiger partial charge in [-0.05, 0) is 56.1 Å². The van der Waals surface area contributed by atoms with Gasteiger partial charge < -0.3 is 10.2 Å². The number of carbonyl (C=O) groups excluding carboxylic acids is 1. The molecule has 0 fully saturated rings. The Morgan fingerprint density at radius 2 is 1.73 bits per heavy atom. The lowest BCUT2D eigenvalue weighted by atomic mass is 10.1. The normalized spacial score (nSPS) is 13.3. The van der Waals surface area contributed by atoms with Crippen molar-refractivity contribution in [3.63, 3.8) is 0 Å². The van der Waals surface area contributed by atoms with Crippen LogP contribution in [-0.4, -0.2) is 52.6 Å². The molecule has 30 heavy (non-hydrogen) atoms. The molecule has 1 unspecified atom stereocenters. The summed E-state index contributed by atoms with van der Waals surface area (Å²) in [5.74, 6) is -1.41. The first-order valence-electron chi connectivity index (χ1n) is 8.75. The van der Waals surface area contributed by atoms with E-state index in [0.717, 1.165) is 24.3 Å². The summed E-state index contributed by atoms with van der Waals surface area (Å²) in [7, 11) is -0.526. The van der Waals surface area contributed by atoms with Crippen molar-refractivity contribution in [3.8, 4) is 0 Å². The smallest absolute Gasteiger partial charge is 0.343 e. The van der Waals surface area contributed by atoms with Crippen LogP contribution < -0.4 is 10.0 Å². The van der Waals surface area contributed by atoms with Crippen LogP contribution in [0.3, 0.4) is 0 Å². The number of likely N-dealkylation sites (N-methyl/N-ethyl adjacent to an activating group) is 1. The number of sulfonamides is 1. The Morgan fingerprint density at radius 3 is 2.27 bits per heavy atom. The first-order chi connectivity index (χ1) is 13.9. The highest BCUT2D eigenvalue weighted by atomic mass is 32.2. The molecule has 2 aromatic rings. The average Bonchev–Trinajstić information content (AvgIpc) is 2.65. The molecular formula is C19H21F4N3O3S. The van der Waals surface area contributed by atoms with Gasteiger partial charge in [0.25, 0.3) is 5.91 Å². The van der Waals surface area contributed by atoms with Gasteiger partial charge in [-0.15, -0.1) is 0 Å². The van der Waals surface area contributed by atoms with Crippen LogP contribution in [0.15, 0.2) is 53.4 Å². The summed E-state index contributed by atoms with van der Waals surface area (Å²) in [6.45, 7) is -1.54. The molecule has 1 amide bonds. The summed E-state index contributed by atoms with van der Waals surface area (Å²) in [6.07, 6.45) is -4.55. The van der Waals surface area contributed by atoms with E-state index in [1.807, 2.05) is 0 Å². The Balaban J connectivity index is 2.08. The van der Waals surface area contributed by atoms with E-state index in [1.165, 1.54) is 18.2 Å². The van der Waals surface area contributed by atoms with Crippen LogP contribution in [-0.2, 0) is 10.0 Å². The van der Waals surface area contributed by atoms with E-state index in [9.17, 15) is 30.8 Å². The van der Waals surface area contributed by atoms with E-state index in [1.54, 1.807) is 30.4 Å². The molecule has 0 aliphatic heterocycles. The third-order valence-electron chi connectivity index (χ3n) is 4.20. The van der Waals surface area contributed by atoms with Crippen molar-refractivity contribution in [2.24, 2.45) is 0 Å². The highest BCUT2D eigenvalue weighted by Gasteiger charge is 2.28. The zero-order chi connectivity index (χ0) is 22.5. The summed E-state index contributed by atoms with van der Waals surface area (Å²) in [5.41, 5.74) is 0.475. The molecule has 0 aliphatic rings. The summed E-state index contributed by atoms with van der Waals surface area (Å²) in [5, 5.41) is 1.71. The Hall–Kier alpha value is -2.50. The number of benzene rings is 2. The molecule has 6 nitrogen and oxygen atoms in total. The second-order valence-corrected chi connectivity index (χ2v) is 8.48. The number of carbonyl (C=O) groups is 1. The lowest BCUT2D eigenvalue weighted by molar-refractivity contribution is -0.123. The summed E-state index contributed by atoms with van der Waals surface area (Å²) < 4.78 is 77.5. The maximum absolute atomic E-state index is 13.5. The molecule has 2 aromatic carbocycles. The minimum absolute atomic E-state index is 0.0490. The van der Waals surface area contributed by atoms with E-state index in [2.05, 4.69) is 4.72 Å². The molecule has 0 saturated carbocycles. The Labute approximate surface area is 171 Å². The maximum atomic E-state index is 13.5. The summed E-state index contributed by atoms with van der Waals surface area (Å²) in [4.78, 5) is 13.3. The van der Waals surface area contributed by atoms with Crippen LogP contribution in [0, 0.1) is 5.82 Å². The van der Waals surface area contributed by atoms with Gasteiger partial charge in [0.15, 0.2) is 0 Å². The number of amides is 1. The van der Waals surface area contributed by atoms with Gasteiger partial charge in [-0.1, -0.05) is 12.1 Å². The molecule has 0 aliphatic carbocycles. The van der Waals surface area contributed by atoms with Crippen LogP contribution in [0.25, 0.3) is 0 Å². The molecule has 0 bridgehead atoms. The van der Waals surface area contributed by atoms with Crippen molar-refractivity contribution in [2.75, 3.05) is 27.2 Å². The fourth-order valence-electron chi connectivity index (χ4n) is 2.65. The largest absolute Gasteiger partial charge is 0.405 e. The van der Waals surface area contributed by atoms with E-state index in [0.29, 0.717) is 5.56 Å². The molecule has 164 valence electrons. The predicted octanol–water partition coefficient (Wildman–Crippen LogP) is 2.70. The van der Waals surface area contributed by atoms with Crippen molar-refractivity contribution < 1.29 is 30.8 Å². The van der Waals surface area contributed by atoms with Crippen molar-refractivity contribution in [3.05, 3.63) is 65.5 Å². The zero-order valence-corrected chi connectivity index (χ0v) is 17.0. The quantitative estimate of drug-likeness (QED) is 0.610. The Kier molecular flexibility index (Phi) is 7.56. The SMILES string of the molecule is CN(C)C(CNS(=O)(=O)c1ccc(C(=O)NCC(F)(F)F)cc1)c1cccc(F)c1. The van der Waals surface area contributed by atoms with Crippen LogP contribution in [0.2, 0.25) is 0 Å². The topological polar surface area (TPSA) is 78.5 Å². The Morgan fingerprint density at radius 1 is 1.10 bits per heavy atom. The molecule has 11 heteroatoms. The first kappa shape index (κ1) is 23.8. The van der Waals surface area contributed by atoms with Crippen molar-refractivity contribution in [1.29, 1.82) is 0 Å². The molecule has 0 saturated heterocycles. The van der Waals surface area contributed by atoms with Crippen molar-refractivity contribution >= 4 is 15.9 Å². The monoisotopic (exact) mass is 447 g/mol. The van der Waals surface area contributed by atoms with Gasteiger partial charge in [0, 0.05) is 18.2 Å². The Bertz CT molecular complexity index is 977. The number of hydrogen-bond donors (Lipinski definition) is 2. The van der Waals surface area contributed by atoms with Crippen LogP contribution >= 0.6 is 0 Å². The van der Waals surface area contributed by atoms with E-state index >= 15 is 0 Å². The lowest BCUT2D eigenvalue weighted by Gasteiger charge is -2.25. The average molecular weight is 447 g/mol. The van der Waals surface area contributed by atoms with Gasteiger partial charge >= 0.3 is 6.18 Å². The molecule has 0 aromatic heterocycles. The van der Waals surface area contributed by atoms with Gasteiger partial charge in [-0.2, -0.15) is 13.2 Å². The molecule has 2 rings (SSSR count). The standard InChI is InChI=1S/C19H21F4N3O3S/c1-26(2)17(14-4-3-5-15(20)10-14)11-25-30(28,29)16-8-6-13(7-9-16)18(27)24-12-19(21,22)23/h3-10,17,25H,11-12H2,1-2H3,(H,24,27). The van der Waals surface area contributed by atoms with Crippen LogP contribution in [0.5, 0.6) is 0 Å². The highest BCUT2D eigenvalue weighted by Crippen LogP contribution is 2.20. The second kappa shape index (κ2) is 9.54. The van der Waals surface area contributed by atoms with E-state index < -0.39 is 40.5 Å². The third-order valence-corrected chi connectivity index (χ3v) is 5.64. The van der Waals surface area contributed by atoms with Crippen molar-refractivity contribution in [2.45, 2.75) is 17.1 Å². The summed E-state index contributed by atoms with van der Waals surface area (Å²) >= 11 is 0. The van der Waals surface area contributed by atoms with Gasteiger partial charge in [0.1, 0.15) is 12.4 Å². The van der Waals surface area contributed by atoms with Gasteiger partial charge in [0.05, 0.1) is 4.90 Å². The van der Waals surface area contributed by atoms with Crippen molar-refractivity contribution in [1.82, 2.24) is 14.9 Å². The fraction of sp³-hybridized carbons (Fsp3) is 0.316. The van der Waals surface area contributed by atoms with E-state index in [-0.39, 0.29) is 17.0 Å². The lowest BCUT2D eigenvalue weighted by Crippen LogP contribution is -2.35. The maximum Gasteiger partial charge on any atom is 0.405 e. The minimum Gasteiger partial charge on any atom is -0.343 e. The molecule has 2 N–H and O–H groups in total. The molecule has 0 radical (unpaired) electrons. The first-order valence-corrected chi connectivity index (χ1v) is 10.2. The number of hydrogen-bond acceptors (Lipinski definition) is 4. The molecular weight excluding hydrogens is 426 g/mol. The van der Waals surface area contributed by atoms with Crippen LogP contribution in [0.4, 0.5) is 17.6 Å². The second-order valence-electron chi connectivity index (χ2n) is 6.71.